The van der Waals surface area contributed by atoms with Crippen LogP contribution in [0.1, 0.15) is 33.6 Å². The summed E-state index contributed by atoms with van der Waals surface area (Å²) in [6, 6.07) is 5.52. The maximum absolute atomic E-state index is 6.30. The number of rotatable bonds is 2. The van der Waals surface area contributed by atoms with Crippen LogP contribution < -0.4 is 5.73 Å². The number of fused-ring (bicyclic) bond motifs is 1. The van der Waals surface area contributed by atoms with Gasteiger partial charge in [-0.3, -0.25) is 0 Å². The van der Waals surface area contributed by atoms with Gasteiger partial charge in [0.2, 0.25) is 0 Å². The van der Waals surface area contributed by atoms with Gasteiger partial charge in [-0.25, -0.2) is 4.98 Å². The van der Waals surface area contributed by atoms with Gasteiger partial charge in [0.15, 0.2) is 0 Å². The van der Waals surface area contributed by atoms with Gasteiger partial charge in [-0.15, -0.1) is 11.3 Å². The Kier molecular flexibility index (Phi) is 3.45. The first-order valence-electron chi connectivity index (χ1n) is 5.84. The van der Waals surface area contributed by atoms with Crippen LogP contribution in [0, 0.1) is 0 Å². The van der Waals surface area contributed by atoms with Crippen LogP contribution in [-0.4, -0.2) is 4.98 Å². The van der Waals surface area contributed by atoms with Gasteiger partial charge in [-0.2, -0.15) is 0 Å². The van der Waals surface area contributed by atoms with E-state index < -0.39 is 0 Å². The van der Waals surface area contributed by atoms with Crippen molar-refractivity contribution < 1.29 is 0 Å². The minimum absolute atomic E-state index is 0.174. The van der Waals surface area contributed by atoms with Crippen LogP contribution in [-0.2, 0) is 12.8 Å². The van der Waals surface area contributed by atoms with Crippen molar-refractivity contribution in [3.8, 4) is 0 Å². The number of hydrogen-bond donors (Lipinski definition) is 1. The standard InChI is InChI=1S/C13H12BrClN2S/c14-9-6-7(15)4-5-8(9)12(16)13-17-10-2-1-3-11(10)18-13/h4-6,12H,1-3,16H2. The van der Waals surface area contributed by atoms with E-state index in [1.807, 2.05) is 18.2 Å². The highest BCUT2D eigenvalue weighted by Gasteiger charge is 2.21. The Morgan fingerprint density at radius 1 is 1.39 bits per heavy atom. The monoisotopic (exact) mass is 342 g/mol. The summed E-state index contributed by atoms with van der Waals surface area (Å²) in [6.07, 6.45) is 3.48. The third-order valence-electron chi connectivity index (χ3n) is 3.18. The predicted molar refractivity (Wildman–Crippen MR) is 79.3 cm³/mol. The molecule has 0 spiro atoms. The van der Waals surface area contributed by atoms with Crippen molar-refractivity contribution in [3.63, 3.8) is 0 Å². The molecule has 2 nitrogen and oxygen atoms in total. The van der Waals surface area contributed by atoms with Crippen LogP contribution in [0.3, 0.4) is 0 Å². The SMILES string of the molecule is NC(c1nc2c(s1)CCC2)c1ccc(Cl)cc1Br. The van der Waals surface area contributed by atoms with Crippen LogP contribution in [0.25, 0.3) is 0 Å². The van der Waals surface area contributed by atoms with Crippen molar-refractivity contribution in [2.75, 3.05) is 0 Å². The third-order valence-corrected chi connectivity index (χ3v) is 5.34. The zero-order valence-electron chi connectivity index (χ0n) is 9.62. The lowest BCUT2D eigenvalue weighted by Crippen LogP contribution is -2.12. The van der Waals surface area contributed by atoms with Gasteiger partial charge in [0.1, 0.15) is 5.01 Å². The zero-order chi connectivity index (χ0) is 12.7. The molecule has 5 heteroatoms. The second-order valence-corrected chi connectivity index (χ2v) is 6.83. The topological polar surface area (TPSA) is 38.9 Å². The molecule has 2 N–H and O–H groups in total. The van der Waals surface area contributed by atoms with E-state index in [1.165, 1.54) is 17.0 Å². The Balaban J connectivity index is 1.95. The average molecular weight is 344 g/mol. The first-order valence-corrected chi connectivity index (χ1v) is 7.83. The fourth-order valence-electron chi connectivity index (χ4n) is 2.23. The number of benzene rings is 1. The van der Waals surface area contributed by atoms with Gasteiger partial charge in [-0.1, -0.05) is 33.6 Å². The van der Waals surface area contributed by atoms with Gasteiger partial charge in [0.05, 0.1) is 11.7 Å². The van der Waals surface area contributed by atoms with Gasteiger partial charge in [0.25, 0.3) is 0 Å². The van der Waals surface area contributed by atoms with E-state index in [2.05, 4.69) is 20.9 Å². The van der Waals surface area contributed by atoms with E-state index in [0.717, 1.165) is 27.9 Å². The maximum Gasteiger partial charge on any atom is 0.114 e. The lowest BCUT2D eigenvalue weighted by Gasteiger charge is -2.11. The molecule has 0 saturated heterocycles. The highest BCUT2D eigenvalue weighted by Crippen LogP contribution is 2.34. The molecule has 1 aromatic carbocycles. The number of halogens is 2. The average Bonchev–Trinajstić information content (AvgIpc) is 2.87. The summed E-state index contributed by atoms with van der Waals surface area (Å²) < 4.78 is 0.942. The molecule has 1 heterocycles. The fourth-order valence-corrected chi connectivity index (χ4v) is 4.33. The van der Waals surface area contributed by atoms with Crippen molar-refractivity contribution >= 4 is 38.9 Å². The van der Waals surface area contributed by atoms with Crippen molar-refractivity contribution in [2.45, 2.75) is 25.3 Å². The minimum Gasteiger partial charge on any atom is -0.318 e. The molecule has 0 fully saturated rings. The molecule has 18 heavy (non-hydrogen) atoms. The lowest BCUT2D eigenvalue weighted by atomic mass is 10.1. The molecule has 0 saturated carbocycles. The first kappa shape index (κ1) is 12.6. The number of aryl methyl sites for hydroxylation is 2. The van der Waals surface area contributed by atoms with Crippen LogP contribution in [0.5, 0.6) is 0 Å². The maximum atomic E-state index is 6.30. The van der Waals surface area contributed by atoms with Crippen LogP contribution >= 0.6 is 38.9 Å². The first-order chi connectivity index (χ1) is 8.65. The van der Waals surface area contributed by atoms with E-state index in [9.17, 15) is 0 Å². The highest BCUT2D eigenvalue weighted by atomic mass is 79.9. The quantitative estimate of drug-likeness (QED) is 0.891. The fraction of sp³-hybridized carbons (Fsp3) is 0.308. The largest absolute Gasteiger partial charge is 0.318 e. The number of thiazole rings is 1. The summed E-state index contributed by atoms with van der Waals surface area (Å²) >= 11 is 11.2. The molecule has 1 aliphatic rings. The zero-order valence-corrected chi connectivity index (χ0v) is 12.8. The van der Waals surface area contributed by atoms with E-state index in [4.69, 9.17) is 17.3 Å². The van der Waals surface area contributed by atoms with Crippen LogP contribution in [0.15, 0.2) is 22.7 Å². The second kappa shape index (κ2) is 4.93. The number of nitrogens with zero attached hydrogens (tertiary/aromatic N) is 1. The molecule has 0 radical (unpaired) electrons. The highest BCUT2D eigenvalue weighted by molar-refractivity contribution is 9.10. The molecule has 1 aliphatic carbocycles. The van der Waals surface area contributed by atoms with Crippen molar-refractivity contribution in [3.05, 3.63) is 48.8 Å². The Morgan fingerprint density at radius 3 is 2.94 bits per heavy atom. The normalized spacial score (nSPS) is 15.7. The molecule has 2 aromatic rings. The van der Waals surface area contributed by atoms with E-state index in [0.29, 0.717) is 5.02 Å². The molecule has 0 amide bonds. The summed E-state index contributed by atoms with van der Waals surface area (Å²) in [5.41, 5.74) is 8.58. The summed E-state index contributed by atoms with van der Waals surface area (Å²) in [5.74, 6) is 0. The van der Waals surface area contributed by atoms with E-state index in [1.54, 1.807) is 11.3 Å². The van der Waals surface area contributed by atoms with Crippen LogP contribution in [0.2, 0.25) is 5.02 Å². The van der Waals surface area contributed by atoms with Crippen molar-refractivity contribution in [1.29, 1.82) is 0 Å². The van der Waals surface area contributed by atoms with Gasteiger partial charge in [0, 0.05) is 14.4 Å². The second-order valence-electron chi connectivity index (χ2n) is 4.42. The third kappa shape index (κ3) is 2.23. The number of hydrogen-bond acceptors (Lipinski definition) is 3. The number of nitrogens with two attached hydrogens (primary N) is 1. The Labute approximate surface area is 123 Å². The van der Waals surface area contributed by atoms with Gasteiger partial charge < -0.3 is 5.73 Å². The molecular formula is C13H12BrClN2S. The lowest BCUT2D eigenvalue weighted by molar-refractivity contribution is 0.830. The molecule has 0 aliphatic heterocycles. The molecule has 1 unspecified atom stereocenters. The van der Waals surface area contributed by atoms with Gasteiger partial charge in [-0.05, 0) is 37.0 Å². The molecular weight excluding hydrogens is 332 g/mol. The molecule has 1 aromatic heterocycles. The van der Waals surface area contributed by atoms with E-state index in [-0.39, 0.29) is 6.04 Å². The smallest absolute Gasteiger partial charge is 0.114 e. The van der Waals surface area contributed by atoms with Crippen molar-refractivity contribution in [2.24, 2.45) is 5.73 Å². The van der Waals surface area contributed by atoms with Crippen LogP contribution in [0.4, 0.5) is 0 Å². The molecule has 0 bridgehead atoms. The summed E-state index contributed by atoms with van der Waals surface area (Å²) in [4.78, 5) is 6.08. The molecule has 94 valence electrons. The van der Waals surface area contributed by atoms with E-state index >= 15 is 0 Å². The summed E-state index contributed by atoms with van der Waals surface area (Å²) in [6.45, 7) is 0. The Hall–Kier alpha value is -0.420. The predicted octanol–water partition coefficient (Wildman–Crippen LogP) is 4.10. The number of aromatic nitrogens is 1. The Morgan fingerprint density at radius 2 is 2.22 bits per heavy atom. The molecule has 3 rings (SSSR count). The van der Waals surface area contributed by atoms with Crippen molar-refractivity contribution in [1.82, 2.24) is 4.98 Å². The summed E-state index contributed by atoms with van der Waals surface area (Å²) in [5, 5.41) is 1.71. The summed E-state index contributed by atoms with van der Waals surface area (Å²) in [7, 11) is 0. The molecule has 1 atom stereocenters. The van der Waals surface area contributed by atoms with Gasteiger partial charge >= 0.3 is 0 Å². The minimum atomic E-state index is -0.174. The Bertz CT molecular complexity index is 575.